The summed E-state index contributed by atoms with van der Waals surface area (Å²) in [7, 11) is 0. The molecule has 2 aromatic heterocycles. The second kappa shape index (κ2) is 11.3. The Balaban J connectivity index is 1.15. The fourth-order valence-electron chi connectivity index (χ4n) is 3.28. The van der Waals surface area contributed by atoms with Crippen LogP contribution in [0.25, 0.3) is 20.4 Å². The summed E-state index contributed by atoms with van der Waals surface area (Å²) in [6, 6.07) is 19.3. The number of nitro groups is 1. The first-order chi connectivity index (χ1) is 17.9. The third-order valence-corrected chi connectivity index (χ3v) is 9.25. The molecule has 0 atom stereocenters. The minimum absolute atomic E-state index is 0.0147. The normalized spacial score (nSPS) is 11.0. The van der Waals surface area contributed by atoms with E-state index in [2.05, 4.69) is 20.6 Å². The zero-order chi connectivity index (χ0) is 25.8. The number of fused-ring (bicyclic) bond motifs is 2. The number of amides is 2. The Kier molecular flexibility index (Phi) is 7.65. The molecule has 5 aromatic rings. The van der Waals surface area contributed by atoms with E-state index >= 15 is 0 Å². The Morgan fingerprint density at radius 1 is 0.784 bits per heavy atom. The number of thiazole rings is 2. The van der Waals surface area contributed by atoms with Gasteiger partial charge in [-0.3, -0.25) is 19.7 Å². The zero-order valence-corrected chi connectivity index (χ0v) is 22.1. The lowest BCUT2D eigenvalue weighted by molar-refractivity contribution is -0.384. The second-order valence-corrected chi connectivity index (χ2v) is 12.1. The summed E-state index contributed by atoms with van der Waals surface area (Å²) < 4.78 is 3.05. The fraction of sp³-hybridized carbons (Fsp3) is 0.0833. The number of aromatic nitrogens is 2. The predicted octanol–water partition coefficient (Wildman–Crippen LogP) is 6.28. The molecule has 186 valence electrons. The molecule has 3 aromatic carbocycles. The molecule has 9 nitrogen and oxygen atoms in total. The summed E-state index contributed by atoms with van der Waals surface area (Å²) >= 11 is 5.42. The summed E-state index contributed by atoms with van der Waals surface area (Å²) in [4.78, 5) is 44.2. The molecule has 0 aliphatic carbocycles. The van der Waals surface area contributed by atoms with Crippen LogP contribution in [0.15, 0.2) is 75.4 Å². The van der Waals surface area contributed by atoms with Crippen molar-refractivity contribution in [2.75, 3.05) is 22.1 Å². The highest BCUT2D eigenvalue weighted by Gasteiger charge is 2.13. The Hall–Kier alpha value is -3.52. The standard InChI is InChI=1S/C24H17N5O4S4/c30-21(25-14-4-2-1-3-5-14)12-34-23-27-17-8-6-15(10-19(17)36-23)26-22(31)13-35-24-28-18-9-7-16(29(32)33)11-20(18)37-24/h1-11H,12-13H2,(H,25,30)(H,26,31). The van der Waals surface area contributed by atoms with E-state index in [1.165, 1.54) is 58.3 Å². The molecule has 0 spiro atoms. The monoisotopic (exact) mass is 567 g/mol. The number of rotatable bonds is 9. The maximum atomic E-state index is 12.5. The van der Waals surface area contributed by atoms with Gasteiger partial charge in [-0.1, -0.05) is 41.7 Å². The van der Waals surface area contributed by atoms with Gasteiger partial charge in [0, 0.05) is 23.5 Å². The van der Waals surface area contributed by atoms with Crippen LogP contribution < -0.4 is 10.6 Å². The second-order valence-electron chi connectivity index (χ2n) is 7.59. The van der Waals surface area contributed by atoms with Crippen LogP contribution in [0.2, 0.25) is 0 Å². The summed E-state index contributed by atoms with van der Waals surface area (Å²) in [5.74, 6) is 0.105. The van der Waals surface area contributed by atoms with Gasteiger partial charge in [-0.15, -0.1) is 22.7 Å². The van der Waals surface area contributed by atoms with Crippen LogP contribution >= 0.6 is 46.2 Å². The third-order valence-electron chi connectivity index (χ3n) is 4.93. The van der Waals surface area contributed by atoms with Crippen molar-refractivity contribution in [3.8, 4) is 0 Å². The lowest BCUT2D eigenvalue weighted by Gasteiger charge is -2.03. The number of non-ortho nitro benzene ring substituents is 1. The van der Waals surface area contributed by atoms with Crippen molar-refractivity contribution in [1.82, 2.24) is 9.97 Å². The maximum Gasteiger partial charge on any atom is 0.270 e. The van der Waals surface area contributed by atoms with Crippen molar-refractivity contribution >= 4 is 95.5 Å². The van der Waals surface area contributed by atoms with E-state index in [0.29, 0.717) is 20.2 Å². The molecule has 0 saturated heterocycles. The zero-order valence-electron chi connectivity index (χ0n) is 18.9. The van der Waals surface area contributed by atoms with E-state index in [1.807, 2.05) is 42.5 Å². The van der Waals surface area contributed by atoms with Crippen molar-refractivity contribution in [2.45, 2.75) is 8.68 Å². The molecule has 0 fully saturated rings. The summed E-state index contributed by atoms with van der Waals surface area (Å²) in [5, 5.41) is 16.7. The fourth-order valence-corrected chi connectivity index (χ4v) is 7.09. The van der Waals surface area contributed by atoms with Gasteiger partial charge >= 0.3 is 0 Å². The van der Waals surface area contributed by atoms with Crippen LogP contribution in [-0.2, 0) is 9.59 Å². The van der Waals surface area contributed by atoms with Gasteiger partial charge in [0.05, 0.1) is 36.9 Å². The predicted molar refractivity (Wildman–Crippen MR) is 151 cm³/mol. The maximum absolute atomic E-state index is 12.5. The number of nitro benzene ring substituents is 1. The average Bonchev–Trinajstić information content (AvgIpc) is 3.49. The topological polar surface area (TPSA) is 127 Å². The molecule has 0 unspecified atom stereocenters. The van der Waals surface area contributed by atoms with Gasteiger partial charge in [0.2, 0.25) is 11.8 Å². The first-order valence-corrected chi connectivity index (χ1v) is 14.4. The number of benzene rings is 3. The third kappa shape index (κ3) is 6.43. The van der Waals surface area contributed by atoms with Gasteiger partial charge in [0.1, 0.15) is 0 Å². The molecule has 5 rings (SSSR count). The van der Waals surface area contributed by atoms with Crippen molar-refractivity contribution in [1.29, 1.82) is 0 Å². The van der Waals surface area contributed by atoms with Gasteiger partial charge in [-0.05, 0) is 36.4 Å². The van der Waals surface area contributed by atoms with Crippen molar-refractivity contribution in [3.05, 3.63) is 76.8 Å². The van der Waals surface area contributed by atoms with Crippen molar-refractivity contribution in [2.24, 2.45) is 0 Å². The quantitative estimate of drug-likeness (QED) is 0.121. The van der Waals surface area contributed by atoms with Crippen molar-refractivity contribution < 1.29 is 14.5 Å². The molecule has 0 radical (unpaired) electrons. The number of carbonyl (C=O) groups is 2. The number of hydrogen-bond donors (Lipinski definition) is 2. The highest BCUT2D eigenvalue weighted by Crippen LogP contribution is 2.33. The van der Waals surface area contributed by atoms with Gasteiger partial charge in [0.25, 0.3) is 5.69 Å². The lowest BCUT2D eigenvalue weighted by Crippen LogP contribution is -2.13. The molecular weight excluding hydrogens is 551 g/mol. The summed E-state index contributed by atoms with van der Waals surface area (Å²) in [5.41, 5.74) is 2.89. The van der Waals surface area contributed by atoms with E-state index in [4.69, 9.17) is 0 Å². The number of anilines is 2. The number of carbonyl (C=O) groups excluding carboxylic acids is 2. The number of nitrogens with zero attached hydrogens (tertiary/aromatic N) is 3. The molecule has 2 N–H and O–H groups in total. The molecule has 0 saturated carbocycles. The van der Waals surface area contributed by atoms with Gasteiger partial charge in [0.15, 0.2) is 8.68 Å². The van der Waals surface area contributed by atoms with Crippen LogP contribution in [0, 0.1) is 10.1 Å². The number of thioether (sulfide) groups is 2. The summed E-state index contributed by atoms with van der Waals surface area (Å²) in [6.45, 7) is 0. The Bertz CT molecular complexity index is 1620. The SMILES string of the molecule is O=C(CSc1nc2ccc(NC(=O)CSc3nc4ccc([N+](=O)[O-])cc4s3)cc2s1)Nc1ccccc1. The molecule has 2 heterocycles. The van der Waals surface area contributed by atoms with Crippen LogP contribution in [-0.4, -0.2) is 38.2 Å². The van der Waals surface area contributed by atoms with Crippen molar-refractivity contribution in [3.63, 3.8) is 0 Å². The van der Waals surface area contributed by atoms with Crippen LogP contribution in [0.3, 0.4) is 0 Å². The van der Waals surface area contributed by atoms with Gasteiger partial charge < -0.3 is 10.6 Å². The van der Waals surface area contributed by atoms with E-state index < -0.39 is 4.92 Å². The number of nitrogens with one attached hydrogen (secondary N) is 2. The van der Waals surface area contributed by atoms with Gasteiger partial charge in [-0.25, -0.2) is 9.97 Å². The molecule has 37 heavy (non-hydrogen) atoms. The largest absolute Gasteiger partial charge is 0.325 e. The Morgan fingerprint density at radius 2 is 1.35 bits per heavy atom. The van der Waals surface area contributed by atoms with E-state index in [9.17, 15) is 19.7 Å². The summed E-state index contributed by atoms with van der Waals surface area (Å²) in [6.07, 6.45) is 0. The minimum Gasteiger partial charge on any atom is -0.325 e. The highest BCUT2D eigenvalue weighted by molar-refractivity contribution is 8.02. The van der Waals surface area contributed by atoms with E-state index in [1.54, 1.807) is 12.1 Å². The van der Waals surface area contributed by atoms with Gasteiger partial charge in [-0.2, -0.15) is 0 Å². The lowest BCUT2D eigenvalue weighted by atomic mass is 10.3. The van der Waals surface area contributed by atoms with E-state index in [0.717, 1.165) is 20.2 Å². The molecule has 13 heteroatoms. The molecule has 0 aliphatic rings. The smallest absolute Gasteiger partial charge is 0.270 e. The first-order valence-electron chi connectivity index (χ1n) is 10.8. The van der Waals surface area contributed by atoms with Crippen LogP contribution in [0.4, 0.5) is 17.1 Å². The number of hydrogen-bond acceptors (Lipinski definition) is 10. The minimum atomic E-state index is -0.441. The molecule has 2 amide bonds. The number of para-hydroxylation sites is 1. The highest BCUT2D eigenvalue weighted by atomic mass is 32.2. The molecule has 0 bridgehead atoms. The van der Waals surface area contributed by atoms with Crippen LogP contribution in [0.1, 0.15) is 0 Å². The first kappa shape index (κ1) is 25.1. The average molecular weight is 568 g/mol. The molecule has 0 aliphatic heterocycles. The molecular formula is C24H17N5O4S4. The Labute approximate surface area is 226 Å². The van der Waals surface area contributed by atoms with Crippen LogP contribution in [0.5, 0.6) is 0 Å². The van der Waals surface area contributed by atoms with E-state index in [-0.39, 0.29) is 29.0 Å². The Morgan fingerprint density at radius 3 is 1.97 bits per heavy atom.